The SMILES string of the molecule is F.OC(C(F)(F)F)C(F)(F)F.PI. The molecule has 0 radical (unpaired) electrons. The average Bonchev–Trinajstić information content (AvgIpc) is 1.87. The fraction of sp³-hybridized carbons (Fsp3) is 1.00. The maximum absolute atomic E-state index is 11.0. The molecule has 0 aromatic heterocycles. The molecule has 0 aromatic rings. The van der Waals surface area contributed by atoms with Gasteiger partial charge in [-0.25, -0.2) is 0 Å². The third-order valence-corrected chi connectivity index (χ3v) is 0.620. The number of rotatable bonds is 0. The van der Waals surface area contributed by atoms with Crippen LogP contribution < -0.4 is 0 Å². The summed E-state index contributed by atoms with van der Waals surface area (Å²) in [6.07, 6.45) is -15.5. The second-order valence-electron chi connectivity index (χ2n) is 1.49. The first-order chi connectivity index (χ1) is 5.15. The molecule has 1 unspecified atom stereocenters. The molecule has 0 aliphatic rings. The van der Waals surface area contributed by atoms with E-state index in [0.717, 1.165) is 0 Å². The lowest BCUT2D eigenvalue weighted by Gasteiger charge is -2.16. The predicted octanol–water partition coefficient (Wildman–Crippen LogP) is 2.84. The molecule has 0 saturated carbocycles. The van der Waals surface area contributed by atoms with Crippen LogP contribution >= 0.6 is 28.9 Å². The minimum atomic E-state index is -5.63. The zero-order chi connectivity index (χ0) is 10.6. The Hall–Kier alpha value is 0.630. The number of hydrogen-bond donors (Lipinski definition) is 1. The van der Waals surface area contributed by atoms with Crippen molar-refractivity contribution in [2.24, 2.45) is 0 Å². The summed E-state index contributed by atoms with van der Waals surface area (Å²) in [6.45, 7) is 2.39. The summed E-state index contributed by atoms with van der Waals surface area (Å²) < 4.78 is 65.9. The molecule has 84 valence electrons. The van der Waals surface area contributed by atoms with Gasteiger partial charge in [-0.3, -0.25) is 4.70 Å². The van der Waals surface area contributed by atoms with Crippen molar-refractivity contribution in [1.29, 1.82) is 0 Å². The van der Waals surface area contributed by atoms with Crippen LogP contribution in [0.4, 0.5) is 31.0 Å². The van der Waals surface area contributed by atoms with Crippen LogP contribution in [0, 0.1) is 0 Å². The van der Waals surface area contributed by atoms with E-state index < -0.39 is 18.5 Å². The third-order valence-electron chi connectivity index (χ3n) is 0.620. The molecule has 0 fully saturated rings. The molecule has 1 nitrogen and oxygen atoms in total. The molecular weight excluding hydrogens is 343 g/mol. The molecule has 0 heterocycles. The number of aliphatic hydroxyl groups excluding tert-OH is 1. The zero-order valence-corrected chi connectivity index (χ0v) is 8.97. The van der Waals surface area contributed by atoms with Gasteiger partial charge in [-0.1, -0.05) is 28.9 Å². The lowest BCUT2D eigenvalue weighted by molar-refractivity contribution is -0.308. The molecule has 1 N–H and O–H groups in total. The fourth-order valence-corrected chi connectivity index (χ4v) is 0.186. The minimum Gasteiger partial charge on any atom is -0.377 e. The van der Waals surface area contributed by atoms with Gasteiger partial charge in [0, 0.05) is 0 Å². The van der Waals surface area contributed by atoms with Gasteiger partial charge < -0.3 is 5.11 Å². The van der Waals surface area contributed by atoms with Gasteiger partial charge in [0.05, 0.1) is 0 Å². The monoisotopic (exact) mass is 348 g/mol. The summed E-state index contributed by atoms with van der Waals surface area (Å²) in [5, 5.41) is 7.47. The summed E-state index contributed by atoms with van der Waals surface area (Å²) in [4.78, 5) is 0. The molecule has 10 heteroatoms. The molecule has 0 spiro atoms. The molecule has 13 heavy (non-hydrogen) atoms. The normalized spacial score (nSPS) is 11.5. The molecule has 0 bridgehead atoms. The summed E-state index contributed by atoms with van der Waals surface area (Å²) in [5.41, 5.74) is 0. The first-order valence-electron chi connectivity index (χ1n) is 2.19. The highest BCUT2D eigenvalue weighted by atomic mass is 127. The van der Waals surface area contributed by atoms with Crippen LogP contribution in [-0.4, -0.2) is 23.6 Å². The van der Waals surface area contributed by atoms with E-state index in [0.29, 0.717) is 0 Å². The van der Waals surface area contributed by atoms with Crippen molar-refractivity contribution in [2.45, 2.75) is 18.5 Å². The van der Waals surface area contributed by atoms with E-state index in [1.807, 2.05) is 0 Å². The molecule has 0 aromatic carbocycles. The fourth-order valence-electron chi connectivity index (χ4n) is 0.186. The second-order valence-corrected chi connectivity index (χ2v) is 1.49. The Bertz CT molecular complexity index is 108. The van der Waals surface area contributed by atoms with E-state index in [2.05, 4.69) is 28.9 Å². The van der Waals surface area contributed by atoms with Crippen LogP contribution in [0.1, 0.15) is 0 Å². The summed E-state index contributed by atoms with van der Waals surface area (Å²) in [5.74, 6) is 0. The van der Waals surface area contributed by atoms with Crippen LogP contribution in [0.5, 0.6) is 0 Å². The van der Waals surface area contributed by atoms with Crippen LogP contribution in [0.2, 0.25) is 0 Å². The van der Waals surface area contributed by atoms with Crippen molar-refractivity contribution in [2.75, 3.05) is 0 Å². The number of alkyl halides is 6. The molecule has 0 rings (SSSR count). The highest BCUT2D eigenvalue weighted by Crippen LogP contribution is 2.32. The van der Waals surface area contributed by atoms with Crippen molar-refractivity contribution in [3.05, 3.63) is 0 Å². The van der Waals surface area contributed by atoms with E-state index in [1.54, 1.807) is 0 Å². The molecule has 0 aliphatic heterocycles. The maximum Gasteiger partial charge on any atom is 0.423 e. The average molecular weight is 348 g/mol. The largest absolute Gasteiger partial charge is 0.423 e. The number of hydrogen-bond acceptors (Lipinski definition) is 1. The second kappa shape index (κ2) is 6.99. The van der Waals surface area contributed by atoms with Crippen molar-refractivity contribution < 1.29 is 36.2 Å². The van der Waals surface area contributed by atoms with Crippen LogP contribution in [0.15, 0.2) is 0 Å². The lowest BCUT2D eigenvalue weighted by atomic mass is 10.3. The summed E-state index contributed by atoms with van der Waals surface area (Å²) in [7, 11) is 0. The van der Waals surface area contributed by atoms with Crippen LogP contribution in [0.25, 0.3) is 0 Å². The predicted molar refractivity (Wildman–Crippen MR) is 44.3 cm³/mol. The van der Waals surface area contributed by atoms with Gasteiger partial charge in [-0.15, -0.1) is 0 Å². The third kappa shape index (κ3) is 8.95. The molecule has 0 aliphatic carbocycles. The van der Waals surface area contributed by atoms with Gasteiger partial charge in [0.2, 0.25) is 6.10 Å². The first-order valence-corrected chi connectivity index (χ1v) is 6.36. The van der Waals surface area contributed by atoms with Crippen molar-refractivity contribution >= 4 is 28.9 Å². The first kappa shape index (κ1) is 19.2. The highest BCUT2D eigenvalue weighted by Gasteiger charge is 2.55. The Kier molecular flexibility index (Phi) is 10.3. The maximum atomic E-state index is 11.0. The van der Waals surface area contributed by atoms with E-state index in [1.165, 1.54) is 0 Å². The molecular formula is C3H5F7IOP. The van der Waals surface area contributed by atoms with Crippen molar-refractivity contribution in [3.63, 3.8) is 0 Å². The van der Waals surface area contributed by atoms with E-state index in [4.69, 9.17) is 5.11 Å². The Balaban J connectivity index is -0.000000309. The van der Waals surface area contributed by atoms with E-state index >= 15 is 0 Å². The minimum absolute atomic E-state index is 0. The van der Waals surface area contributed by atoms with E-state index in [-0.39, 0.29) is 4.70 Å². The van der Waals surface area contributed by atoms with Gasteiger partial charge >= 0.3 is 12.4 Å². The van der Waals surface area contributed by atoms with Crippen LogP contribution in [0.3, 0.4) is 0 Å². The molecule has 1 atom stereocenters. The standard InChI is InChI=1S/C3H2F6O.FH.H2IP/c4-2(5,6)1(10)3(7,8)9;;1-2/h1,10H;1H;2H2. The Labute approximate surface area is 83.9 Å². The van der Waals surface area contributed by atoms with Crippen LogP contribution in [-0.2, 0) is 0 Å². The van der Waals surface area contributed by atoms with Gasteiger partial charge in [-0.2, -0.15) is 26.3 Å². The zero-order valence-electron chi connectivity index (χ0n) is 5.66. The van der Waals surface area contributed by atoms with Gasteiger partial charge in [0.1, 0.15) is 0 Å². The quantitative estimate of drug-likeness (QED) is 0.406. The number of aliphatic hydroxyl groups is 1. The summed E-state index contributed by atoms with van der Waals surface area (Å²) >= 11 is 2.07. The van der Waals surface area contributed by atoms with Crippen molar-refractivity contribution in [1.82, 2.24) is 0 Å². The highest BCUT2D eigenvalue weighted by molar-refractivity contribution is 14.2. The van der Waals surface area contributed by atoms with Gasteiger partial charge in [0.25, 0.3) is 0 Å². The number of halogens is 8. The Morgan fingerprint density at radius 3 is 1.08 bits per heavy atom. The topological polar surface area (TPSA) is 20.2 Å². The molecule has 0 amide bonds. The smallest absolute Gasteiger partial charge is 0.377 e. The van der Waals surface area contributed by atoms with Gasteiger partial charge in [0.15, 0.2) is 0 Å². The lowest BCUT2D eigenvalue weighted by Crippen LogP contribution is -2.41. The van der Waals surface area contributed by atoms with Gasteiger partial charge in [-0.05, 0) is 0 Å². The van der Waals surface area contributed by atoms with E-state index in [9.17, 15) is 26.3 Å². The molecule has 0 saturated heterocycles. The Morgan fingerprint density at radius 2 is 1.08 bits per heavy atom. The summed E-state index contributed by atoms with van der Waals surface area (Å²) in [6, 6.07) is 0. The Morgan fingerprint density at radius 1 is 0.923 bits per heavy atom. The van der Waals surface area contributed by atoms with Crippen molar-refractivity contribution in [3.8, 4) is 0 Å².